The third kappa shape index (κ3) is 1.11. The van der Waals surface area contributed by atoms with Crippen molar-refractivity contribution in [3.05, 3.63) is 22.2 Å². The van der Waals surface area contributed by atoms with Crippen LogP contribution in [0.1, 0.15) is 11.4 Å². The summed E-state index contributed by atoms with van der Waals surface area (Å²) in [4.78, 5) is 8.38. The number of nitrogens with zero attached hydrogens (tertiary/aromatic N) is 3. The van der Waals surface area contributed by atoms with E-state index in [0.717, 1.165) is 16.0 Å². The number of hydrogen-bond donors (Lipinski definition) is 1. The normalized spacial score (nSPS) is 11.0. The van der Waals surface area contributed by atoms with E-state index in [2.05, 4.69) is 25.9 Å². The maximum Gasteiger partial charge on any atom is 0.235 e. The molecule has 2 aromatic rings. The quantitative estimate of drug-likeness (QED) is 0.763. The molecule has 2 rings (SSSR count). The molecule has 0 atom stereocenters. The van der Waals surface area contributed by atoms with Gasteiger partial charge in [-0.15, -0.1) is 0 Å². The number of nitrogens with two attached hydrogens (primary N) is 1. The Morgan fingerprint density at radius 3 is 2.85 bits per heavy atom. The van der Waals surface area contributed by atoms with E-state index in [1.807, 2.05) is 18.2 Å². The number of anilines is 1. The maximum absolute atomic E-state index is 5.84. The molecule has 5 heteroatoms. The topological polar surface area (TPSA) is 56.2 Å². The molecule has 0 bridgehead atoms. The van der Waals surface area contributed by atoms with Crippen molar-refractivity contribution in [2.24, 2.45) is 0 Å². The minimum atomic E-state index is 0.677. The van der Waals surface area contributed by atoms with E-state index < -0.39 is 0 Å². The van der Waals surface area contributed by atoms with Gasteiger partial charge in [0.25, 0.3) is 0 Å². The summed E-state index contributed by atoms with van der Waals surface area (Å²) in [5.74, 6) is 0.677. The number of fused-ring (bicyclic) bond motifs is 1. The first-order valence-corrected chi connectivity index (χ1v) is 4.66. The molecule has 0 fully saturated rings. The second-order valence-electron chi connectivity index (χ2n) is 2.91. The van der Waals surface area contributed by atoms with Crippen molar-refractivity contribution in [1.29, 1.82) is 0 Å². The van der Waals surface area contributed by atoms with Gasteiger partial charge >= 0.3 is 0 Å². The monoisotopic (exact) mass is 240 g/mol. The van der Waals surface area contributed by atoms with Crippen molar-refractivity contribution in [2.45, 2.75) is 13.8 Å². The Bertz CT molecular complexity index is 474. The summed E-state index contributed by atoms with van der Waals surface area (Å²) in [6.45, 7) is 3.83. The molecule has 0 aliphatic carbocycles. The molecule has 0 aromatic carbocycles. The first-order chi connectivity index (χ1) is 6.11. The van der Waals surface area contributed by atoms with Crippen LogP contribution in [0.15, 0.2) is 10.8 Å². The molecule has 2 heterocycles. The van der Waals surface area contributed by atoms with Gasteiger partial charge in [-0.2, -0.15) is 0 Å². The minimum Gasteiger partial charge on any atom is -0.396 e. The summed E-state index contributed by atoms with van der Waals surface area (Å²) >= 11 is 3.38. The van der Waals surface area contributed by atoms with Gasteiger partial charge in [-0.3, -0.25) is 4.40 Å². The van der Waals surface area contributed by atoms with E-state index in [-0.39, 0.29) is 0 Å². The zero-order valence-electron chi connectivity index (χ0n) is 7.37. The predicted octanol–water partition coefficient (Wildman–Crippen LogP) is 1.69. The lowest BCUT2D eigenvalue weighted by Crippen LogP contribution is -2.03. The lowest BCUT2D eigenvalue weighted by atomic mass is 10.3. The van der Waals surface area contributed by atoms with Crippen LogP contribution in [0.2, 0.25) is 0 Å². The summed E-state index contributed by atoms with van der Waals surface area (Å²) in [5, 5.41) is 0. The molecule has 0 amide bonds. The third-order valence-electron chi connectivity index (χ3n) is 2.08. The number of aromatic nitrogens is 3. The van der Waals surface area contributed by atoms with Gasteiger partial charge in [0.15, 0.2) is 0 Å². The summed E-state index contributed by atoms with van der Waals surface area (Å²) in [5.41, 5.74) is 8.35. The first kappa shape index (κ1) is 8.50. The van der Waals surface area contributed by atoms with Crippen LogP contribution in [-0.2, 0) is 0 Å². The highest BCUT2D eigenvalue weighted by Crippen LogP contribution is 2.20. The molecule has 0 radical (unpaired) electrons. The van der Waals surface area contributed by atoms with E-state index in [9.17, 15) is 0 Å². The molecule has 2 aromatic heterocycles. The molecule has 2 N–H and O–H groups in total. The van der Waals surface area contributed by atoms with Crippen molar-refractivity contribution in [3.63, 3.8) is 0 Å². The van der Waals surface area contributed by atoms with Gasteiger partial charge in [0.2, 0.25) is 5.78 Å². The van der Waals surface area contributed by atoms with Crippen LogP contribution in [-0.4, -0.2) is 14.4 Å². The van der Waals surface area contributed by atoms with E-state index in [1.54, 1.807) is 6.20 Å². The number of nitrogen functional groups attached to an aromatic ring is 1. The molecular formula is C8H9BrN4. The predicted molar refractivity (Wildman–Crippen MR) is 54.6 cm³/mol. The fourth-order valence-electron chi connectivity index (χ4n) is 1.30. The SMILES string of the molecule is Cc1nc2ncc(Br)n2c(C)c1N. The van der Waals surface area contributed by atoms with Gasteiger partial charge in [0.05, 0.1) is 17.6 Å². The molecule has 0 saturated carbocycles. The summed E-state index contributed by atoms with van der Waals surface area (Å²) in [6, 6.07) is 0. The molecule has 0 aliphatic rings. The van der Waals surface area contributed by atoms with Gasteiger partial charge in [-0.1, -0.05) is 0 Å². The number of halogens is 1. The van der Waals surface area contributed by atoms with Gasteiger partial charge in [0, 0.05) is 5.69 Å². The van der Waals surface area contributed by atoms with Gasteiger partial charge in [-0.05, 0) is 29.8 Å². The van der Waals surface area contributed by atoms with Crippen LogP contribution in [0.3, 0.4) is 0 Å². The zero-order valence-corrected chi connectivity index (χ0v) is 8.96. The van der Waals surface area contributed by atoms with Crippen LogP contribution in [0.5, 0.6) is 0 Å². The maximum atomic E-state index is 5.84. The second kappa shape index (κ2) is 2.70. The Kier molecular flexibility index (Phi) is 1.76. The highest BCUT2D eigenvalue weighted by Gasteiger charge is 2.09. The summed E-state index contributed by atoms with van der Waals surface area (Å²) in [7, 11) is 0. The average molecular weight is 241 g/mol. The summed E-state index contributed by atoms with van der Waals surface area (Å²) in [6.07, 6.45) is 1.72. The highest BCUT2D eigenvalue weighted by atomic mass is 79.9. The van der Waals surface area contributed by atoms with Crippen molar-refractivity contribution in [2.75, 3.05) is 5.73 Å². The minimum absolute atomic E-state index is 0.677. The van der Waals surface area contributed by atoms with Gasteiger partial charge < -0.3 is 5.73 Å². The largest absolute Gasteiger partial charge is 0.396 e. The molecule has 0 spiro atoms. The Labute approximate surface area is 83.9 Å². The van der Waals surface area contributed by atoms with Crippen molar-refractivity contribution in [3.8, 4) is 0 Å². The standard InChI is InChI=1S/C8H9BrN4/c1-4-7(10)5(2)13-6(9)3-11-8(13)12-4/h3H,10H2,1-2H3. The second-order valence-corrected chi connectivity index (χ2v) is 3.73. The van der Waals surface area contributed by atoms with Gasteiger partial charge in [-0.25, -0.2) is 9.97 Å². The molecule has 0 aliphatic heterocycles. The Balaban J connectivity index is 2.97. The molecule has 0 unspecified atom stereocenters. The van der Waals surface area contributed by atoms with E-state index in [0.29, 0.717) is 11.5 Å². The number of rotatable bonds is 0. The highest BCUT2D eigenvalue weighted by molar-refractivity contribution is 9.10. The molecule has 4 nitrogen and oxygen atoms in total. The van der Waals surface area contributed by atoms with Crippen LogP contribution in [0.4, 0.5) is 5.69 Å². The van der Waals surface area contributed by atoms with E-state index in [4.69, 9.17) is 5.73 Å². The smallest absolute Gasteiger partial charge is 0.235 e. The van der Waals surface area contributed by atoms with E-state index >= 15 is 0 Å². The molecule has 68 valence electrons. The molecule has 13 heavy (non-hydrogen) atoms. The van der Waals surface area contributed by atoms with E-state index in [1.165, 1.54) is 0 Å². The van der Waals surface area contributed by atoms with Crippen LogP contribution < -0.4 is 5.73 Å². The Morgan fingerprint density at radius 2 is 2.15 bits per heavy atom. The lowest BCUT2D eigenvalue weighted by Gasteiger charge is -2.06. The third-order valence-corrected chi connectivity index (χ3v) is 2.64. The van der Waals surface area contributed by atoms with Crippen molar-refractivity contribution in [1.82, 2.24) is 14.4 Å². The zero-order chi connectivity index (χ0) is 9.59. The fraction of sp³-hybridized carbons (Fsp3) is 0.250. The van der Waals surface area contributed by atoms with Crippen LogP contribution in [0.25, 0.3) is 5.78 Å². The number of hydrogen-bond acceptors (Lipinski definition) is 3. The molecule has 0 saturated heterocycles. The van der Waals surface area contributed by atoms with Crippen molar-refractivity contribution < 1.29 is 0 Å². The van der Waals surface area contributed by atoms with Crippen LogP contribution in [0, 0.1) is 13.8 Å². The Morgan fingerprint density at radius 1 is 1.46 bits per heavy atom. The van der Waals surface area contributed by atoms with Crippen LogP contribution >= 0.6 is 15.9 Å². The molecular weight excluding hydrogens is 232 g/mol. The Hall–Kier alpha value is -1.10. The average Bonchev–Trinajstić information content (AvgIpc) is 2.43. The number of aryl methyl sites for hydroxylation is 2. The number of imidazole rings is 1. The summed E-state index contributed by atoms with van der Waals surface area (Å²) < 4.78 is 2.75. The lowest BCUT2D eigenvalue weighted by molar-refractivity contribution is 1.00. The van der Waals surface area contributed by atoms with Gasteiger partial charge in [0.1, 0.15) is 4.60 Å². The van der Waals surface area contributed by atoms with Crippen molar-refractivity contribution >= 4 is 27.4 Å². The fourth-order valence-corrected chi connectivity index (χ4v) is 1.83. The first-order valence-electron chi connectivity index (χ1n) is 3.87.